The van der Waals surface area contributed by atoms with E-state index in [1.54, 1.807) is 0 Å². The Morgan fingerprint density at radius 3 is 2.79 bits per heavy atom. The second-order valence-corrected chi connectivity index (χ2v) is 3.77. The molecule has 0 radical (unpaired) electrons. The molecule has 0 aromatic rings. The summed E-state index contributed by atoms with van der Waals surface area (Å²) in [6, 6.07) is 0. The number of hydrogen-bond acceptors (Lipinski definition) is 3. The van der Waals surface area contributed by atoms with E-state index in [2.05, 4.69) is 6.58 Å². The fourth-order valence-corrected chi connectivity index (χ4v) is 1.97. The summed E-state index contributed by atoms with van der Waals surface area (Å²) in [6.45, 7) is 3.49. The van der Waals surface area contributed by atoms with Gasteiger partial charge < -0.3 is 0 Å². The topological polar surface area (TPSA) is 60.2 Å². The van der Waals surface area contributed by atoms with Gasteiger partial charge in [0.2, 0.25) is 5.78 Å². The van der Waals surface area contributed by atoms with Crippen LogP contribution in [-0.2, 0) is 4.79 Å². The molecule has 1 saturated carbocycles. The average molecular weight is 197 g/mol. The van der Waals surface area contributed by atoms with Crippen LogP contribution in [0.5, 0.6) is 0 Å². The average Bonchev–Trinajstić information content (AvgIpc) is 2.31. The summed E-state index contributed by atoms with van der Waals surface area (Å²) < 4.78 is 0. The first-order valence-corrected chi connectivity index (χ1v) is 4.92. The second kappa shape index (κ2) is 4.35. The molecule has 0 heterocycles. The molecule has 1 atom stereocenters. The molecule has 0 amide bonds. The van der Waals surface area contributed by atoms with Crippen LogP contribution in [-0.4, -0.2) is 16.2 Å². The van der Waals surface area contributed by atoms with Gasteiger partial charge in [0.25, 0.3) is 5.54 Å². The molecule has 1 rings (SSSR count). The van der Waals surface area contributed by atoms with Crippen molar-refractivity contribution in [3.63, 3.8) is 0 Å². The molecule has 4 nitrogen and oxygen atoms in total. The Morgan fingerprint density at radius 2 is 2.21 bits per heavy atom. The van der Waals surface area contributed by atoms with E-state index in [0.717, 1.165) is 19.3 Å². The van der Waals surface area contributed by atoms with Crippen LogP contribution in [0.2, 0.25) is 0 Å². The third-order valence-corrected chi connectivity index (χ3v) is 2.84. The van der Waals surface area contributed by atoms with E-state index in [0.29, 0.717) is 12.8 Å². The van der Waals surface area contributed by atoms with Gasteiger partial charge in [-0.2, -0.15) is 0 Å². The molecule has 78 valence electrons. The van der Waals surface area contributed by atoms with Crippen LogP contribution >= 0.6 is 0 Å². The molecule has 0 aromatic carbocycles. The fraction of sp³-hybridized carbons (Fsp3) is 0.700. The first-order valence-electron chi connectivity index (χ1n) is 4.92. The van der Waals surface area contributed by atoms with Gasteiger partial charge in [0.1, 0.15) is 0 Å². The lowest BCUT2D eigenvalue weighted by atomic mass is 9.86. The number of nitro groups is 1. The number of Topliss-reactive ketones (excluding diaryl/α,β-unsaturated/α-hetero) is 1. The quantitative estimate of drug-likeness (QED) is 0.301. The zero-order valence-corrected chi connectivity index (χ0v) is 8.20. The summed E-state index contributed by atoms with van der Waals surface area (Å²) in [6.07, 6.45) is 4.81. The Bertz CT molecular complexity index is 262. The third kappa shape index (κ3) is 1.84. The van der Waals surface area contributed by atoms with E-state index >= 15 is 0 Å². The van der Waals surface area contributed by atoms with Crippen molar-refractivity contribution in [3.8, 4) is 0 Å². The van der Waals surface area contributed by atoms with Gasteiger partial charge in [-0.25, -0.2) is 0 Å². The molecular weight excluding hydrogens is 182 g/mol. The molecular formula is C10H15NO3. The molecule has 0 aromatic heterocycles. The molecule has 0 aliphatic heterocycles. The zero-order chi connectivity index (χ0) is 10.6. The van der Waals surface area contributed by atoms with E-state index in [1.807, 2.05) is 0 Å². The van der Waals surface area contributed by atoms with Gasteiger partial charge in [0, 0.05) is 24.2 Å². The first-order chi connectivity index (χ1) is 6.63. The van der Waals surface area contributed by atoms with Crippen molar-refractivity contribution in [2.24, 2.45) is 0 Å². The first kappa shape index (κ1) is 10.9. The molecule has 0 saturated heterocycles. The minimum absolute atomic E-state index is 0.166. The van der Waals surface area contributed by atoms with Gasteiger partial charge in [-0.15, -0.1) is 6.58 Å². The largest absolute Gasteiger partial charge is 0.292 e. The van der Waals surface area contributed by atoms with E-state index in [-0.39, 0.29) is 12.2 Å². The highest BCUT2D eigenvalue weighted by atomic mass is 16.6. The highest BCUT2D eigenvalue weighted by Crippen LogP contribution is 2.30. The number of nitrogens with zero attached hydrogens (tertiary/aromatic N) is 1. The van der Waals surface area contributed by atoms with E-state index in [9.17, 15) is 14.9 Å². The van der Waals surface area contributed by atoms with Gasteiger partial charge in [-0.1, -0.05) is 12.5 Å². The van der Waals surface area contributed by atoms with E-state index in [4.69, 9.17) is 0 Å². The molecule has 14 heavy (non-hydrogen) atoms. The van der Waals surface area contributed by atoms with Crippen molar-refractivity contribution in [2.75, 3.05) is 0 Å². The van der Waals surface area contributed by atoms with Crippen LogP contribution in [0.15, 0.2) is 12.7 Å². The number of carbonyl (C=O) groups excluding carboxylic acids is 1. The predicted molar refractivity (Wildman–Crippen MR) is 52.6 cm³/mol. The maximum atomic E-state index is 11.7. The third-order valence-electron chi connectivity index (χ3n) is 2.84. The minimum Gasteiger partial charge on any atom is -0.292 e. The molecule has 1 aliphatic carbocycles. The van der Waals surface area contributed by atoms with Gasteiger partial charge in [-0.3, -0.25) is 14.9 Å². The summed E-state index contributed by atoms with van der Waals surface area (Å²) in [5.41, 5.74) is -1.36. The SMILES string of the molecule is C=CCC1([N+](=O)[O-])CCCCCC1=O. The van der Waals surface area contributed by atoms with E-state index < -0.39 is 10.5 Å². The minimum atomic E-state index is -1.36. The maximum Gasteiger partial charge on any atom is 0.282 e. The lowest BCUT2D eigenvalue weighted by molar-refractivity contribution is -0.552. The molecule has 0 bridgehead atoms. The predicted octanol–water partition coefficient (Wildman–Crippen LogP) is 2.11. The summed E-state index contributed by atoms with van der Waals surface area (Å²) in [5, 5.41) is 11.0. The molecule has 1 fully saturated rings. The van der Waals surface area contributed by atoms with Crippen molar-refractivity contribution in [1.82, 2.24) is 0 Å². The molecule has 1 unspecified atom stereocenters. The second-order valence-electron chi connectivity index (χ2n) is 3.77. The zero-order valence-electron chi connectivity index (χ0n) is 8.20. The van der Waals surface area contributed by atoms with Crippen LogP contribution in [0, 0.1) is 10.1 Å². The number of ketones is 1. The Hall–Kier alpha value is -1.19. The van der Waals surface area contributed by atoms with Crippen LogP contribution in [0.3, 0.4) is 0 Å². The number of carbonyl (C=O) groups is 1. The molecule has 1 aliphatic rings. The smallest absolute Gasteiger partial charge is 0.282 e. The van der Waals surface area contributed by atoms with Gasteiger partial charge >= 0.3 is 0 Å². The Labute approximate surface area is 83.1 Å². The summed E-state index contributed by atoms with van der Waals surface area (Å²) >= 11 is 0. The Kier molecular flexibility index (Phi) is 3.38. The fourth-order valence-electron chi connectivity index (χ4n) is 1.97. The summed E-state index contributed by atoms with van der Waals surface area (Å²) in [4.78, 5) is 22.2. The standard InChI is InChI=1S/C10H15NO3/c1-2-7-10(11(13)14)8-5-3-4-6-9(10)12/h2H,1,3-8H2. The van der Waals surface area contributed by atoms with Crippen molar-refractivity contribution in [1.29, 1.82) is 0 Å². The highest BCUT2D eigenvalue weighted by molar-refractivity contribution is 5.87. The Morgan fingerprint density at radius 1 is 1.50 bits per heavy atom. The molecule has 0 spiro atoms. The van der Waals surface area contributed by atoms with Crippen LogP contribution in [0.1, 0.15) is 38.5 Å². The van der Waals surface area contributed by atoms with Crippen LogP contribution < -0.4 is 0 Å². The van der Waals surface area contributed by atoms with Crippen molar-refractivity contribution >= 4 is 5.78 Å². The molecule has 0 N–H and O–H groups in total. The van der Waals surface area contributed by atoms with Crippen LogP contribution in [0.4, 0.5) is 0 Å². The van der Waals surface area contributed by atoms with Gasteiger partial charge in [0.05, 0.1) is 0 Å². The number of rotatable bonds is 3. The lowest BCUT2D eigenvalue weighted by Crippen LogP contribution is -2.45. The Balaban J connectivity index is 2.96. The monoisotopic (exact) mass is 197 g/mol. The summed E-state index contributed by atoms with van der Waals surface area (Å²) in [7, 11) is 0. The maximum absolute atomic E-state index is 11.7. The van der Waals surface area contributed by atoms with Gasteiger partial charge in [-0.05, 0) is 12.8 Å². The van der Waals surface area contributed by atoms with Crippen molar-refractivity contribution in [3.05, 3.63) is 22.8 Å². The number of hydrogen-bond donors (Lipinski definition) is 0. The van der Waals surface area contributed by atoms with E-state index in [1.165, 1.54) is 6.08 Å². The lowest BCUT2D eigenvalue weighted by Gasteiger charge is -2.20. The van der Waals surface area contributed by atoms with Crippen molar-refractivity contribution in [2.45, 2.75) is 44.1 Å². The normalized spacial score (nSPS) is 28.1. The van der Waals surface area contributed by atoms with Crippen LogP contribution in [0.25, 0.3) is 0 Å². The summed E-state index contributed by atoms with van der Waals surface area (Å²) in [5.74, 6) is -0.222. The molecule has 4 heteroatoms. The highest BCUT2D eigenvalue weighted by Gasteiger charge is 2.48. The van der Waals surface area contributed by atoms with Gasteiger partial charge in [0.15, 0.2) is 0 Å². The van der Waals surface area contributed by atoms with Crippen molar-refractivity contribution < 1.29 is 9.72 Å².